The van der Waals surface area contributed by atoms with Gasteiger partial charge >= 0.3 is 6.09 Å². The van der Waals surface area contributed by atoms with Crippen LogP contribution in [0.4, 0.5) is 4.79 Å². The lowest BCUT2D eigenvalue weighted by atomic mass is 10.2. The van der Waals surface area contributed by atoms with Crippen molar-refractivity contribution >= 4 is 29.1 Å². The number of ether oxygens (including phenoxy) is 1. The van der Waals surface area contributed by atoms with Crippen LogP contribution in [-0.4, -0.2) is 37.3 Å². The van der Waals surface area contributed by atoms with Crippen LogP contribution in [0.2, 0.25) is 0 Å². The monoisotopic (exact) mass is 377 g/mol. The summed E-state index contributed by atoms with van der Waals surface area (Å²) in [6.45, 7) is 4.75. The standard InChI is InChI=1S/C12H16IN3O3/c1-2-6-16(12(17)19-13)9-11(8-15)10-18-7-4-3-5-14/h2,11H,1,3-4,6-7,9-10H2. The van der Waals surface area contributed by atoms with Crippen LogP contribution in [0.3, 0.4) is 0 Å². The zero-order valence-corrected chi connectivity index (χ0v) is 12.7. The molecule has 0 fully saturated rings. The van der Waals surface area contributed by atoms with Crippen LogP contribution in [0.25, 0.3) is 0 Å². The van der Waals surface area contributed by atoms with E-state index in [1.807, 2.05) is 6.07 Å². The van der Waals surface area contributed by atoms with Crippen LogP contribution in [0.5, 0.6) is 0 Å². The Balaban J connectivity index is 4.14. The zero-order valence-electron chi connectivity index (χ0n) is 10.5. The first-order chi connectivity index (χ1) is 9.19. The summed E-state index contributed by atoms with van der Waals surface area (Å²) in [6.07, 6.45) is 2.13. The first-order valence-electron chi connectivity index (χ1n) is 5.72. The molecule has 19 heavy (non-hydrogen) atoms. The highest BCUT2D eigenvalue weighted by atomic mass is 127. The van der Waals surface area contributed by atoms with E-state index in [2.05, 4.69) is 15.7 Å². The van der Waals surface area contributed by atoms with Gasteiger partial charge in [0.25, 0.3) is 0 Å². The number of amides is 1. The molecule has 0 aromatic rings. The van der Waals surface area contributed by atoms with Crippen LogP contribution in [0.15, 0.2) is 12.7 Å². The Bertz CT molecular complexity index is 362. The summed E-state index contributed by atoms with van der Waals surface area (Å²) in [5.41, 5.74) is 0. The van der Waals surface area contributed by atoms with Gasteiger partial charge in [0, 0.05) is 26.1 Å². The Morgan fingerprint density at radius 3 is 2.79 bits per heavy atom. The molecule has 0 aromatic carbocycles. The minimum atomic E-state index is -0.509. The molecule has 0 rings (SSSR count). The normalized spacial score (nSPS) is 10.9. The Morgan fingerprint density at radius 1 is 1.53 bits per heavy atom. The lowest BCUT2D eigenvalue weighted by molar-refractivity contribution is 0.0990. The van der Waals surface area contributed by atoms with Gasteiger partial charge in [-0.1, -0.05) is 6.08 Å². The molecule has 1 atom stereocenters. The Hall–Kier alpha value is -1.32. The Kier molecular flexibility index (Phi) is 10.9. The largest absolute Gasteiger partial charge is 0.419 e. The zero-order chi connectivity index (χ0) is 14.5. The van der Waals surface area contributed by atoms with Gasteiger partial charge < -0.3 is 12.7 Å². The highest BCUT2D eigenvalue weighted by molar-refractivity contribution is 14.1. The molecule has 0 saturated heterocycles. The molecular formula is C12H16IN3O3. The van der Waals surface area contributed by atoms with Crippen LogP contribution >= 0.6 is 23.0 Å². The van der Waals surface area contributed by atoms with E-state index in [0.29, 0.717) is 26.0 Å². The van der Waals surface area contributed by atoms with E-state index in [1.54, 1.807) is 6.08 Å². The summed E-state index contributed by atoms with van der Waals surface area (Å²) in [7, 11) is 0. The number of halogens is 1. The third-order valence-corrected chi connectivity index (χ3v) is 2.57. The smallest absolute Gasteiger partial charge is 0.380 e. The minimum Gasteiger partial charge on any atom is -0.380 e. The van der Waals surface area contributed by atoms with Crippen molar-refractivity contribution in [1.82, 2.24) is 4.90 Å². The van der Waals surface area contributed by atoms with Gasteiger partial charge in [-0.2, -0.15) is 10.5 Å². The lowest BCUT2D eigenvalue weighted by Crippen LogP contribution is -2.35. The first kappa shape index (κ1) is 17.7. The maximum atomic E-state index is 11.4. The lowest BCUT2D eigenvalue weighted by Gasteiger charge is -2.21. The first-order valence-corrected chi connectivity index (χ1v) is 6.60. The molecule has 0 N–H and O–H groups in total. The third kappa shape index (κ3) is 8.41. The SMILES string of the molecule is C=CCN(CC(C#N)COCCCC#N)C(=O)OI. The summed E-state index contributed by atoms with van der Waals surface area (Å²) in [5.74, 6) is -0.433. The van der Waals surface area contributed by atoms with Gasteiger partial charge in [0.15, 0.2) is 23.0 Å². The quantitative estimate of drug-likeness (QED) is 0.350. The minimum absolute atomic E-state index is 0.225. The van der Waals surface area contributed by atoms with Gasteiger partial charge in [0.05, 0.1) is 24.7 Å². The van der Waals surface area contributed by atoms with Crippen molar-refractivity contribution in [2.24, 2.45) is 5.92 Å². The summed E-state index contributed by atoms with van der Waals surface area (Å²) < 4.78 is 9.89. The van der Waals surface area contributed by atoms with Crippen molar-refractivity contribution in [2.45, 2.75) is 12.8 Å². The molecule has 6 nitrogen and oxygen atoms in total. The number of rotatable bonds is 9. The molecule has 0 aliphatic carbocycles. The molecule has 0 radical (unpaired) electrons. The predicted octanol–water partition coefficient (Wildman–Crippen LogP) is 2.42. The van der Waals surface area contributed by atoms with Crippen molar-refractivity contribution in [3.05, 3.63) is 12.7 Å². The van der Waals surface area contributed by atoms with Crippen LogP contribution < -0.4 is 0 Å². The maximum absolute atomic E-state index is 11.4. The Morgan fingerprint density at radius 2 is 2.26 bits per heavy atom. The molecule has 0 aliphatic heterocycles. The molecular weight excluding hydrogens is 361 g/mol. The van der Waals surface area contributed by atoms with Gasteiger partial charge in [-0.25, -0.2) is 4.79 Å². The van der Waals surface area contributed by atoms with E-state index in [9.17, 15) is 4.79 Å². The molecule has 0 heterocycles. The molecule has 104 valence electrons. The maximum Gasteiger partial charge on any atom is 0.419 e. The summed E-state index contributed by atoms with van der Waals surface area (Å²) in [4.78, 5) is 12.8. The second kappa shape index (κ2) is 11.8. The molecule has 0 spiro atoms. The third-order valence-electron chi connectivity index (χ3n) is 2.19. The van der Waals surface area contributed by atoms with Crippen molar-refractivity contribution in [3.8, 4) is 12.1 Å². The predicted molar refractivity (Wildman–Crippen MR) is 77.0 cm³/mol. The molecule has 1 amide bonds. The van der Waals surface area contributed by atoms with E-state index >= 15 is 0 Å². The molecule has 7 heteroatoms. The second-order valence-corrected chi connectivity index (χ2v) is 4.14. The van der Waals surface area contributed by atoms with Crippen molar-refractivity contribution < 1.29 is 12.6 Å². The molecule has 0 saturated carbocycles. The number of nitriles is 2. The fourth-order valence-electron chi connectivity index (χ4n) is 1.30. The van der Waals surface area contributed by atoms with E-state index in [4.69, 9.17) is 15.3 Å². The average molecular weight is 377 g/mol. The van der Waals surface area contributed by atoms with E-state index in [-0.39, 0.29) is 13.2 Å². The van der Waals surface area contributed by atoms with Crippen molar-refractivity contribution in [2.75, 3.05) is 26.3 Å². The van der Waals surface area contributed by atoms with Gasteiger partial charge in [0.1, 0.15) is 0 Å². The Labute approximate surface area is 127 Å². The van der Waals surface area contributed by atoms with Gasteiger partial charge in [-0.15, -0.1) is 6.58 Å². The fourth-order valence-corrected chi connectivity index (χ4v) is 1.58. The number of nitrogens with zero attached hydrogens (tertiary/aromatic N) is 3. The number of carbonyl (C=O) groups is 1. The second-order valence-electron chi connectivity index (χ2n) is 3.70. The topological polar surface area (TPSA) is 86.4 Å². The number of carbonyl (C=O) groups excluding carboxylic acids is 1. The van der Waals surface area contributed by atoms with Crippen LogP contribution in [0, 0.1) is 28.6 Å². The highest BCUT2D eigenvalue weighted by Crippen LogP contribution is 2.06. The molecule has 0 aliphatic rings. The van der Waals surface area contributed by atoms with Crippen LogP contribution in [-0.2, 0) is 7.80 Å². The van der Waals surface area contributed by atoms with Gasteiger partial charge in [-0.05, 0) is 6.42 Å². The number of unbranched alkanes of at least 4 members (excludes halogenated alkanes) is 1. The summed E-state index contributed by atoms with van der Waals surface area (Å²) >= 11 is 1.50. The van der Waals surface area contributed by atoms with Gasteiger partial charge in [-0.3, -0.25) is 0 Å². The molecule has 1 unspecified atom stereocenters. The molecule has 0 bridgehead atoms. The summed E-state index contributed by atoms with van der Waals surface area (Å²) in [6, 6.07) is 4.10. The van der Waals surface area contributed by atoms with E-state index in [0.717, 1.165) is 0 Å². The highest BCUT2D eigenvalue weighted by Gasteiger charge is 2.18. The summed E-state index contributed by atoms with van der Waals surface area (Å²) in [5, 5.41) is 17.4. The van der Waals surface area contributed by atoms with Crippen molar-refractivity contribution in [1.29, 1.82) is 10.5 Å². The number of hydrogen-bond donors (Lipinski definition) is 0. The van der Waals surface area contributed by atoms with Crippen molar-refractivity contribution in [3.63, 3.8) is 0 Å². The van der Waals surface area contributed by atoms with E-state index < -0.39 is 12.0 Å². The van der Waals surface area contributed by atoms with Crippen LogP contribution in [0.1, 0.15) is 12.8 Å². The fraction of sp³-hybridized carbons (Fsp3) is 0.583. The number of hydrogen-bond acceptors (Lipinski definition) is 5. The average Bonchev–Trinajstić information content (AvgIpc) is 2.43. The van der Waals surface area contributed by atoms with E-state index in [1.165, 1.54) is 27.9 Å². The van der Waals surface area contributed by atoms with Gasteiger partial charge in [0.2, 0.25) is 0 Å². The molecule has 0 aromatic heterocycles.